The largest absolute Gasteiger partial charge is 0.370 e. The molecule has 1 saturated carbocycles. The van der Waals surface area contributed by atoms with Gasteiger partial charge in [-0.1, -0.05) is 174 Å². The monoisotopic (exact) mass is 839 g/mol. The molecule has 0 amide bonds. The molecule has 316 valence electrons. The predicted octanol–water partition coefficient (Wildman–Crippen LogP) is 13.3. The average molecular weight is 839 g/mol. The van der Waals surface area contributed by atoms with Crippen LogP contribution in [-0.4, -0.2) is 22.3 Å². The second-order valence-corrected chi connectivity index (χ2v) is 28.1. The minimum atomic E-state index is -2.28. The molecule has 0 aromatic heterocycles. The maximum absolute atomic E-state index is 4.85. The molecule has 6 unspecified atom stereocenters. The number of rotatable bonds is 15. The second-order valence-electron chi connectivity index (χ2n) is 19.5. The highest BCUT2D eigenvalue weighted by molar-refractivity contribution is 7.04. The van der Waals surface area contributed by atoms with Crippen molar-refractivity contribution in [3.63, 3.8) is 0 Å². The molecule has 2 nitrogen and oxygen atoms in total. The van der Waals surface area contributed by atoms with Crippen molar-refractivity contribution in [1.82, 2.24) is 10.6 Å². The van der Waals surface area contributed by atoms with Gasteiger partial charge < -0.3 is 5.32 Å². The lowest BCUT2D eigenvalue weighted by atomic mass is 9.86. The van der Waals surface area contributed by atoms with E-state index in [0.717, 1.165) is 44.2 Å². The molecule has 1 fully saturated rings. The Kier molecular flexibility index (Phi) is 13.2. The summed E-state index contributed by atoms with van der Waals surface area (Å²) in [7, 11) is -4.54. The van der Waals surface area contributed by atoms with Crippen molar-refractivity contribution < 1.29 is 0 Å². The van der Waals surface area contributed by atoms with Gasteiger partial charge in [0, 0.05) is 24.6 Å². The van der Waals surface area contributed by atoms with Gasteiger partial charge in [-0.25, -0.2) is 0 Å². The van der Waals surface area contributed by atoms with E-state index in [0.29, 0.717) is 22.5 Å². The van der Waals surface area contributed by atoms with Gasteiger partial charge in [-0.2, -0.15) is 0 Å². The Morgan fingerprint density at radius 3 is 2.33 bits per heavy atom. The van der Waals surface area contributed by atoms with E-state index in [4.69, 9.17) is 6.58 Å². The predicted molar refractivity (Wildman–Crippen MR) is 267 cm³/mol. The second kappa shape index (κ2) is 19.1. The third-order valence-electron chi connectivity index (χ3n) is 15.8. The molecule has 4 heteroatoms. The van der Waals surface area contributed by atoms with Gasteiger partial charge in [0.25, 0.3) is 0 Å². The lowest BCUT2D eigenvalue weighted by Crippen LogP contribution is -2.56. The Morgan fingerprint density at radius 2 is 1.61 bits per heavy atom. The van der Waals surface area contributed by atoms with E-state index in [1.54, 1.807) is 31.5 Å². The number of nitrogens with one attached hydrogen (secondary N) is 2. The highest BCUT2D eigenvalue weighted by atomic mass is 28.3. The summed E-state index contributed by atoms with van der Waals surface area (Å²) >= 11 is 0. The van der Waals surface area contributed by atoms with Crippen LogP contribution < -0.4 is 21.0 Å². The van der Waals surface area contributed by atoms with Gasteiger partial charge in [-0.15, -0.1) is 11.8 Å². The first kappa shape index (κ1) is 42.2. The third-order valence-corrected chi connectivity index (χ3v) is 27.2. The summed E-state index contributed by atoms with van der Waals surface area (Å²) in [5.74, 6) is 7.72. The topological polar surface area (TPSA) is 24.1 Å². The van der Waals surface area contributed by atoms with Crippen LogP contribution in [0.25, 0.3) is 5.70 Å². The third kappa shape index (κ3) is 8.40. The molecule has 6 atom stereocenters. The number of hydrogen-bond acceptors (Lipinski definition) is 2. The summed E-state index contributed by atoms with van der Waals surface area (Å²) in [5.41, 5.74) is 6.98. The van der Waals surface area contributed by atoms with Crippen LogP contribution in [0.3, 0.4) is 0 Å². The maximum Gasteiger partial charge on any atom is 0.148 e. The van der Waals surface area contributed by atoms with Crippen LogP contribution >= 0.6 is 0 Å². The van der Waals surface area contributed by atoms with E-state index in [-0.39, 0.29) is 12.2 Å². The van der Waals surface area contributed by atoms with Crippen molar-refractivity contribution in [2.24, 2.45) is 5.92 Å². The van der Waals surface area contributed by atoms with E-state index in [9.17, 15) is 0 Å². The summed E-state index contributed by atoms with van der Waals surface area (Å²) in [4.78, 5) is 0. The molecular formula is C57H70N2Si2. The van der Waals surface area contributed by atoms with E-state index >= 15 is 0 Å². The lowest BCUT2D eigenvalue weighted by Gasteiger charge is -2.44. The lowest BCUT2D eigenvalue weighted by molar-refractivity contribution is 0.239. The quantitative estimate of drug-likeness (QED) is 0.0808. The van der Waals surface area contributed by atoms with Gasteiger partial charge >= 0.3 is 0 Å². The van der Waals surface area contributed by atoms with Crippen LogP contribution in [0.15, 0.2) is 149 Å². The Bertz CT molecular complexity index is 2250. The van der Waals surface area contributed by atoms with Crippen molar-refractivity contribution >= 4 is 32.2 Å². The Labute approximate surface area is 371 Å². The van der Waals surface area contributed by atoms with Crippen molar-refractivity contribution in [3.05, 3.63) is 160 Å². The minimum absolute atomic E-state index is 0.139. The van der Waals surface area contributed by atoms with Gasteiger partial charge in [-0.3, -0.25) is 5.32 Å². The SMILES string of the molecule is C=C(NC(NC(C)c1cccc([Si](C2=CCCC=C2)(C2=CCCCC2)C2CC#CC2)c1)C1CCCCC1)c1cccc([Si](C2=CCC=C2)(C2C=CC=CC2)C2C=C(C)CC2)c1. The van der Waals surface area contributed by atoms with Crippen LogP contribution in [0.2, 0.25) is 16.6 Å². The van der Waals surface area contributed by atoms with E-state index in [2.05, 4.69) is 158 Å². The van der Waals surface area contributed by atoms with Crippen LogP contribution in [0.5, 0.6) is 0 Å². The molecule has 9 rings (SSSR count). The molecule has 2 aromatic carbocycles. The maximum atomic E-state index is 4.85. The average Bonchev–Trinajstić information content (AvgIpc) is 4.15. The molecule has 0 heterocycles. The molecule has 7 aliphatic rings. The summed E-state index contributed by atoms with van der Waals surface area (Å²) in [6.07, 6.45) is 50.7. The van der Waals surface area contributed by atoms with Crippen LogP contribution in [0.1, 0.15) is 140 Å². The van der Waals surface area contributed by atoms with Gasteiger partial charge in [0.05, 0.1) is 6.17 Å². The number of hydrogen-bond donors (Lipinski definition) is 2. The zero-order valence-electron chi connectivity index (χ0n) is 37.2. The van der Waals surface area contributed by atoms with Crippen LogP contribution in [-0.2, 0) is 0 Å². The number of benzene rings is 2. The van der Waals surface area contributed by atoms with Crippen molar-refractivity contribution in [2.45, 2.75) is 152 Å². The highest BCUT2D eigenvalue weighted by Crippen LogP contribution is 2.50. The normalized spacial score (nSPS) is 25.7. The van der Waals surface area contributed by atoms with Gasteiger partial charge in [-0.05, 0) is 130 Å². The summed E-state index contributed by atoms with van der Waals surface area (Å²) in [6.45, 7) is 9.62. The van der Waals surface area contributed by atoms with E-state index in [1.165, 1.54) is 81.8 Å². The Hall–Kier alpha value is -4.15. The molecule has 7 aliphatic carbocycles. The zero-order valence-corrected chi connectivity index (χ0v) is 39.2. The van der Waals surface area contributed by atoms with Crippen LogP contribution in [0, 0.1) is 17.8 Å². The summed E-state index contributed by atoms with van der Waals surface area (Å²) < 4.78 is 0. The van der Waals surface area contributed by atoms with E-state index < -0.39 is 16.1 Å². The molecule has 2 N–H and O–H groups in total. The fraction of sp³-hybridized carbons (Fsp3) is 0.439. The molecule has 0 aliphatic heterocycles. The number of allylic oxidation sites excluding steroid dienone is 16. The molecule has 0 radical (unpaired) electrons. The van der Waals surface area contributed by atoms with Gasteiger partial charge in [0.15, 0.2) is 0 Å². The van der Waals surface area contributed by atoms with Crippen LogP contribution in [0.4, 0.5) is 0 Å². The Balaban J connectivity index is 1.03. The zero-order chi connectivity index (χ0) is 41.7. The fourth-order valence-electron chi connectivity index (χ4n) is 12.8. The smallest absolute Gasteiger partial charge is 0.148 e. The van der Waals surface area contributed by atoms with Crippen molar-refractivity contribution in [1.29, 1.82) is 0 Å². The molecule has 2 aromatic rings. The Morgan fingerprint density at radius 1 is 0.770 bits per heavy atom. The first-order valence-electron chi connectivity index (χ1n) is 24.3. The van der Waals surface area contributed by atoms with Crippen molar-refractivity contribution in [3.8, 4) is 11.8 Å². The highest BCUT2D eigenvalue weighted by Gasteiger charge is 2.51. The summed E-state index contributed by atoms with van der Waals surface area (Å²) in [6, 6.07) is 19.8. The van der Waals surface area contributed by atoms with Gasteiger partial charge in [0.1, 0.15) is 16.1 Å². The summed E-state index contributed by atoms with van der Waals surface area (Å²) in [5, 5.41) is 16.6. The van der Waals surface area contributed by atoms with E-state index in [1.807, 2.05) is 0 Å². The molecule has 0 spiro atoms. The molecule has 0 bridgehead atoms. The minimum Gasteiger partial charge on any atom is -0.370 e. The first-order valence-corrected chi connectivity index (χ1v) is 28.5. The molecule has 0 saturated heterocycles. The first-order chi connectivity index (χ1) is 30.0. The fourth-order valence-corrected chi connectivity index (χ4v) is 25.1. The molecule has 61 heavy (non-hydrogen) atoms. The molecular weight excluding hydrogens is 769 g/mol. The van der Waals surface area contributed by atoms with Crippen molar-refractivity contribution in [2.75, 3.05) is 0 Å². The van der Waals surface area contributed by atoms with Gasteiger partial charge in [0.2, 0.25) is 0 Å². The standard InChI is InChI=1S/C57H70N2Si2/c1-43-38-39-56(40-43)61(53-34-18-19-35-53,52-30-14-7-15-31-52)55-37-21-25-48(42-55)45(3)59-57(46-22-8-4-9-23-46)58-44(2)47-24-20-36-54(41-47)60(51-32-16-17-33-51,49-26-10-5-11-27-49)50-28-12-6-13-29-50/h7,10,14-15,18,20-21,24-28,30,34-37,40-42,44,46,51-52,56-59H,3-6,8-9,11-13,19,22-23,29,31-33,38-39H2,1-2H3.